The SMILES string of the molecule is C[C@@H](OC(=O)c1cc2c(s1)CCCC2)C(=O)Nc1cc(Cl)cc(Cl)c1. The highest BCUT2D eigenvalue weighted by molar-refractivity contribution is 7.14. The molecule has 7 heteroatoms. The average molecular weight is 398 g/mol. The summed E-state index contributed by atoms with van der Waals surface area (Å²) in [7, 11) is 0. The van der Waals surface area contributed by atoms with Crippen LogP contribution in [0.2, 0.25) is 10.0 Å². The van der Waals surface area contributed by atoms with Crippen LogP contribution in [0, 0.1) is 0 Å². The molecule has 0 fully saturated rings. The second-order valence-corrected chi connectivity index (χ2v) is 7.97. The second kappa shape index (κ2) is 7.77. The number of anilines is 1. The van der Waals surface area contributed by atoms with Crippen molar-refractivity contribution < 1.29 is 14.3 Å². The summed E-state index contributed by atoms with van der Waals surface area (Å²) in [5, 5.41) is 3.47. The largest absolute Gasteiger partial charge is 0.448 e. The van der Waals surface area contributed by atoms with Crippen molar-refractivity contribution in [3.05, 3.63) is 49.6 Å². The number of benzene rings is 1. The molecule has 0 bridgehead atoms. The topological polar surface area (TPSA) is 55.4 Å². The Bertz CT molecular complexity index is 775. The van der Waals surface area contributed by atoms with E-state index < -0.39 is 18.0 Å². The van der Waals surface area contributed by atoms with Crippen molar-refractivity contribution in [1.29, 1.82) is 0 Å². The van der Waals surface area contributed by atoms with E-state index in [2.05, 4.69) is 5.32 Å². The zero-order valence-corrected chi connectivity index (χ0v) is 15.9. The van der Waals surface area contributed by atoms with Crippen LogP contribution in [-0.4, -0.2) is 18.0 Å². The fraction of sp³-hybridized carbons (Fsp3) is 0.333. The number of aryl methyl sites for hydroxylation is 2. The van der Waals surface area contributed by atoms with Crippen molar-refractivity contribution in [3.8, 4) is 0 Å². The molecule has 0 saturated carbocycles. The molecule has 0 radical (unpaired) electrons. The van der Waals surface area contributed by atoms with Crippen LogP contribution in [0.1, 0.15) is 39.9 Å². The van der Waals surface area contributed by atoms with Gasteiger partial charge in [-0.1, -0.05) is 23.2 Å². The zero-order valence-electron chi connectivity index (χ0n) is 13.6. The predicted octanol–water partition coefficient (Wildman–Crippen LogP) is 5.12. The fourth-order valence-electron chi connectivity index (χ4n) is 2.73. The third kappa shape index (κ3) is 4.54. The quantitative estimate of drug-likeness (QED) is 0.728. The van der Waals surface area contributed by atoms with E-state index in [1.54, 1.807) is 18.2 Å². The van der Waals surface area contributed by atoms with E-state index in [0.717, 1.165) is 25.7 Å². The number of rotatable bonds is 4. The monoisotopic (exact) mass is 397 g/mol. The maximum absolute atomic E-state index is 12.3. The van der Waals surface area contributed by atoms with Gasteiger partial charge in [-0.3, -0.25) is 4.79 Å². The van der Waals surface area contributed by atoms with E-state index in [0.29, 0.717) is 20.6 Å². The Balaban J connectivity index is 1.62. The molecule has 3 rings (SSSR count). The van der Waals surface area contributed by atoms with Gasteiger partial charge in [-0.05, 0) is 62.4 Å². The van der Waals surface area contributed by atoms with E-state index in [-0.39, 0.29) is 0 Å². The van der Waals surface area contributed by atoms with Crippen LogP contribution in [0.15, 0.2) is 24.3 Å². The normalized spacial score (nSPS) is 14.5. The van der Waals surface area contributed by atoms with Crippen molar-refractivity contribution >= 4 is 52.1 Å². The summed E-state index contributed by atoms with van der Waals surface area (Å²) in [5.41, 5.74) is 1.69. The summed E-state index contributed by atoms with van der Waals surface area (Å²) < 4.78 is 5.30. The second-order valence-electron chi connectivity index (χ2n) is 5.96. The molecule has 1 N–H and O–H groups in total. The number of amides is 1. The van der Waals surface area contributed by atoms with Crippen LogP contribution in [0.5, 0.6) is 0 Å². The number of nitrogens with one attached hydrogen (secondary N) is 1. The molecule has 0 saturated heterocycles. The third-order valence-corrected chi connectivity index (χ3v) is 5.63. The lowest BCUT2D eigenvalue weighted by Gasteiger charge is -2.13. The molecule has 2 aromatic rings. The number of fused-ring (bicyclic) bond motifs is 1. The molecular formula is C18H17Cl2NO3S. The van der Waals surface area contributed by atoms with Crippen molar-refractivity contribution in [3.63, 3.8) is 0 Å². The maximum atomic E-state index is 12.3. The van der Waals surface area contributed by atoms with Crippen LogP contribution in [0.25, 0.3) is 0 Å². The number of thiophene rings is 1. The molecule has 1 aliphatic rings. The Morgan fingerprint density at radius 2 is 1.80 bits per heavy atom. The van der Waals surface area contributed by atoms with Gasteiger partial charge in [0.2, 0.25) is 0 Å². The number of hydrogen-bond acceptors (Lipinski definition) is 4. The first-order valence-corrected chi connectivity index (χ1v) is 9.59. The van der Waals surface area contributed by atoms with Crippen molar-refractivity contribution in [2.24, 2.45) is 0 Å². The molecular weight excluding hydrogens is 381 g/mol. The highest BCUT2D eigenvalue weighted by Gasteiger charge is 2.23. The number of carbonyl (C=O) groups is 2. The van der Waals surface area contributed by atoms with Crippen molar-refractivity contribution in [2.75, 3.05) is 5.32 Å². The molecule has 25 heavy (non-hydrogen) atoms. The predicted molar refractivity (Wildman–Crippen MR) is 101 cm³/mol. The minimum Gasteiger partial charge on any atom is -0.448 e. The average Bonchev–Trinajstić information content (AvgIpc) is 2.97. The smallest absolute Gasteiger partial charge is 0.349 e. The molecule has 4 nitrogen and oxygen atoms in total. The summed E-state index contributed by atoms with van der Waals surface area (Å²) in [4.78, 5) is 26.3. The van der Waals surface area contributed by atoms with Gasteiger partial charge in [0, 0.05) is 20.6 Å². The minimum atomic E-state index is -0.926. The van der Waals surface area contributed by atoms with Gasteiger partial charge in [0.25, 0.3) is 5.91 Å². The zero-order chi connectivity index (χ0) is 18.0. The van der Waals surface area contributed by atoms with Gasteiger partial charge in [-0.25, -0.2) is 4.79 Å². The molecule has 1 aromatic carbocycles. The van der Waals surface area contributed by atoms with Gasteiger partial charge in [0.05, 0.1) is 0 Å². The van der Waals surface area contributed by atoms with Gasteiger partial charge in [0.15, 0.2) is 6.10 Å². The molecule has 1 heterocycles. The molecule has 1 aliphatic carbocycles. The molecule has 1 aromatic heterocycles. The number of carbonyl (C=O) groups excluding carboxylic acids is 2. The van der Waals surface area contributed by atoms with E-state index in [1.165, 1.54) is 28.7 Å². The summed E-state index contributed by atoms with van der Waals surface area (Å²) in [5.74, 6) is -0.904. The summed E-state index contributed by atoms with van der Waals surface area (Å²) in [6.07, 6.45) is 3.40. The highest BCUT2D eigenvalue weighted by Crippen LogP contribution is 2.30. The molecule has 0 unspecified atom stereocenters. The number of hydrogen-bond donors (Lipinski definition) is 1. The lowest BCUT2D eigenvalue weighted by molar-refractivity contribution is -0.123. The Morgan fingerprint density at radius 1 is 1.12 bits per heavy atom. The Hall–Kier alpha value is -1.56. The van der Waals surface area contributed by atoms with Crippen molar-refractivity contribution in [2.45, 2.75) is 38.7 Å². The van der Waals surface area contributed by atoms with Crippen LogP contribution >= 0.6 is 34.5 Å². The Labute approximate surface area is 160 Å². The van der Waals surface area contributed by atoms with E-state index in [1.807, 2.05) is 6.07 Å². The van der Waals surface area contributed by atoms with E-state index >= 15 is 0 Å². The van der Waals surface area contributed by atoms with E-state index in [9.17, 15) is 9.59 Å². The fourth-order valence-corrected chi connectivity index (χ4v) is 4.40. The minimum absolute atomic E-state index is 0.414. The summed E-state index contributed by atoms with van der Waals surface area (Å²) in [6, 6.07) is 6.62. The van der Waals surface area contributed by atoms with Crippen LogP contribution in [0.4, 0.5) is 5.69 Å². The van der Waals surface area contributed by atoms with Crippen molar-refractivity contribution in [1.82, 2.24) is 0 Å². The lowest BCUT2D eigenvalue weighted by atomic mass is 9.99. The molecule has 1 atom stereocenters. The van der Waals surface area contributed by atoms with Gasteiger partial charge < -0.3 is 10.1 Å². The van der Waals surface area contributed by atoms with E-state index in [4.69, 9.17) is 27.9 Å². The lowest BCUT2D eigenvalue weighted by Crippen LogP contribution is -2.29. The third-order valence-electron chi connectivity index (χ3n) is 3.98. The van der Waals surface area contributed by atoms with Gasteiger partial charge in [-0.15, -0.1) is 11.3 Å². The van der Waals surface area contributed by atoms with Gasteiger partial charge in [-0.2, -0.15) is 0 Å². The molecule has 0 aliphatic heterocycles. The number of ether oxygens (including phenoxy) is 1. The van der Waals surface area contributed by atoms with Crippen LogP contribution in [-0.2, 0) is 22.4 Å². The highest BCUT2D eigenvalue weighted by atomic mass is 35.5. The number of halogens is 2. The first-order valence-electron chi connectivity index (χ1n) is 8.02. The summed E-state index contributed by atoms with van der Waals surface area (Å²) in [6.45, 7) is 1.53. The Morgan fingerprint density at radius 3 is 2.48 bits per heavy atom. The standard InChI is InChI=1S/C18H17Cl2NO3S/c1-10(17(22)21-14-8-12(19)7-13(20)9-14)24-18(23)16-6-11-4-2-3-5-15(11)25-16/h6-10H,2-5H2,1H3,(H,21,22)/t10-/m1/s1. The first kappa shape index (κ1) is 18.2. The molecule has 1 amide bonds. The van der Waals surface area contributed by atoms with Crippen LogP contribution < -0.4 is 5.32 Å². The summed E-state index contributed by atoms with van der Waals surface area (Å²) >= 11 is 13.3. The van der Waals surface area contributed by atoms with Gasteiger partial charge >= 0.3 is 5.97 Å². The first-order chi connectivity index (χ1) is 11.9. The van der Waals surface area contributed by atoms with Gasteiger partial charge in [0.1, 0.15) is 4.88 Å². The maximum Gasteiger partial charge on any atom is 0.349 e. The van der Waals surface area contributed by atoms with Crippen LogP contribution in [0.3, 0.4) is 0 Å². The molecule has 132 valence electrons. The molecule has 0 spiro atoms. The number of esters is 1. The Kier molecular flexibility index (Phi) is 5.67.